The second-order valence-corrected chi connectivity index (χ2v) is 4.28. The van der Waals surface area contributed by atoms with Gasteiger partial charge in [0.05, 0.1) is 5.56 Å². The Morgan fingerprint density at radius 3 is 2.84 bits per heavy atom. The molecule has 1 amide bonds. The molecule has 1 aromatic carbocycles. The van der Waals surface area contributed by atoms with Crippen molar-refractivity contribution in [3.63, 3.8) is 0 Å². The summed E-state index contributed by atoms with van der Waals surface area (Å²) in [6.45, 7) is 4.35. The number of hydrogen-bond acceptors (Lipinski definition) is 4. The predicted octanol–water partition coefficient (Wildman–Crippen LogP) is 1.86. The summed E-state index contributed by atoms with van der Waals surface area (Å²) < 4.78 is 5.40. The molecule has 0 spiro atoms. The van der Waals surface area contributed by atoms with Crippen LogP contribution < -0.4 is 16.4 Å². The molecule has 106 valence electrons. The molecule has 0 fully saturated rings. The summed E-state index contributed by atoms with van der Waals surface area (Å²) in [7, 11) is 1.61. The molecule has 0 saturated heterocycles. The summed E-state index contributed by atoms with van der Waals surface area (Å²) >= 11 is 0. The average molecular weight is 265 g/mol. The van der Waals surface area contributed by atoms with Gasteiger partial charge in [-0.25, -0.2) is 0 Å². The van der Waals surface area contributed by atoms with Crippen molar-refractivity contribution in [3.05, 3.63) is 23.8 Å². The molecule has 0 aliphatic rings. The van der Waals surface area contributed by atoms with Crippen LogP contribution in [0.25, 0.3) is 0 Å². The molecule has 0 heterocycles. The van der Waals surface area contributed by atoms with Crippen LogP contribution in [0, 0.1) is 0 Å². The van der Waals surface area contributed by atoms with E-state index < -0.39 is 0 Å². The number of nitrogens with one attached hydrogen (secondary N) is 2. The second kappa shape index (κ2) is 8.37. The molecule has 5 nitrogen and oxygen atoms in total. The van der Waals surface area contributed by atoms with Crippen LogP contribution in [0.1, 0.15) is 30.1 Å². The van der Waals surface area contributed by atoms with Crippen molar-refractivity contribution in [3.8, 4) is 0 Å². The quantitative estimate of drug-likeness (QED) is 0.495. The van der Waals surface area contributed by atoms with E-state index in [1.807, 2.05) is 0 Å². The van der Waals surface area contributed by atoms with E-state index in [9.17, 15) is 4.79 Å². The standard InChI is InChI=1S/C14H23N3O2/c1-3-8-19-9-4-7-17-13-10-11(15)5-6-12(13)14(18)16-2/h5-6,10,17H,3-4,7-9,15H2,1-2H3,(H,16,18). The Hall–Kier alpha value is -1.75. The normalized spacial score (nSPS) is 10.2. The van der Waals surface area contributed by atoms with Crippen LogP contribution in [-0.4, -0.2) is 32.7 Å². The first-order valence-corrected chi connectivity index (χ1v) is 6.62. The minimum Gasteiger partial charge on any atom is -0.399 e. The van der Waals surface area contributed by atoms with E-state index in [4.69, 9.17) is 10.5 Å². The molecule has 0 bridgehead atoms. The number of benzene rings is 1. The molecule has 0 aliphatic heterocycles. The summed E-state index contributed by atoms with van der Waals surface area (Å²) in [5.74, 6) is -0.121. The van der Waals surface area contributed by atoms with Gasteiger partial charge in [0.1, 0.15) is 0 Å². The van der Waals surface area contributed by atoms with Gasteiger partial charge in [0, 0.05) is 38.2 Å². The van der Waals surface area contributed by atoms with Gasteiger partial charge < -0.3 is 21.1 Å². The second-order valence-electron chi connectivity index (χ2n) is 4.28. The first kappa shape index (κ1) is 15.3. The van der Waals surface area contributed by atoms with Gasteiger partial charge in [-0.3, -0.25) is 4.79 Å². The molecular weight excluding hydrogens is 242 g/mol. The summed E-state index contributed by atoms with van der Waals surface area (Å²) in [4.78, 5) is 11.7. The van der Waals surface area contributed by atoms with E-state index in [2.05, 4.69) is 17.6 Å². The molecular formula is C14H23N3O2. The van der Waals surface area contributed by atoms with E-state index in [-0.39, 0.29) is 5.91 Å². The zero-order chi connectivity index (χ0) is 14.1. The highest BCUT2D eigenvalue weighted by molar-refractivity contribution is 6.00. The molecule has 0 atom stereocenters. The van der Waals surface area contributed by atoms with Crippen LogP contribution in [0.15, 0.2) is 18.2 Å². The van der Waals surface area contributed by atoms with Crippen LogP contribution in [0.3, 0.4) is 0 Å². The summed E-state index contributed by atoms with van der Waals surface area (Å²) in [6.07, 6.45) is 1.92. The Labute approximate surface area is 114 Å². The molecule has 4 N–H and O–H groups in total. The smallest absolute Gasteiger partial charge is 0.253 e. The molecule has 0 saturated carbocycles. The van der Waals surface area contributed by atoms with Crippen molar-refractivity contribution in [2.45, 2.75) is 19.8 Å². The fourth-order valence-corrected chi connectivity index (χ4v) is 1.68. The topological polar surface area (TPSA) is 76.4 Å². The Balaban J connectivity index is 2.51. The van der Waals surface area contributed by atoms with Gasteiger partial charge in [-0.05, 0) is 31.0 Å². The Morgan fingerprint density at radius 2 is 2.16 bits per heavy atom. The average Bonchev–Trinajstić information content (AvgIpc) is 2.42. The first-order chi connectivity index (χ1) is 9.19. The van der Waals surface area contributed by atoms with Crippen molar-refractivity contribution >= 4 is 17.3 Å². The lowest BCUT2D eigenvalue weighted by atomic mass is 10.1. The number of amides is 1. The van der Waals surface area contributed by atoms with E-state index in [0.717, 1.165) is 38.3 Å². The number of hydrogen-bond donors (Lipinski definition) is 3. The summed E-state index contributed by atoms with van der Waals surface area (Å²) in [5.41, 5.74) is 7.74. The lowest BCUT2D eigenvalue weighted by Crippen LogP contribution is -2.20. The molecule has 0 aliphatic carbocycles. The highest BCUT2D eigenvalue weighted by Crippen LogP contribution is 2.19. The minimum absolute atomic E-state index is 0.121. The SMILES string of the molecule is CCCOCCCNc1cc(N)ccc1C(=O)NC. The monoisotopic (exact) mass is 265 g/mol. The number of carbonyl (C=O) groups is 1. The molecule has 19 heavy (non-hydrogen) atoms. The third-order valence-corrected chi connectivity index (χ3v) is 2.64. The lowest BCUT2D eigenvalue weighted by Gasteiger charge is -2.12. The largest absolute Gasteiger partial charge is 0.399 e. The zero-order valence-corrected chi connectivity index (χ0v) is 11.7. The van der Waals surface area contributed by atoms with Gasteiger partial charge in [0.15, 0.2) is 0 Å². The first-order valence-electron chi connectivity index (χ1n) is 6.62. The van der Waals surface area contributed by atoms with Gasteiger partial charge in [-0.1, -0.05) is 6.92 Å². The number of carbonyl (C=O) groups excluding carboxylic acids is 1. The zero-order valence-electron chi connectivity index (χ0n) is 11.7. The number of rotatable bonds is 8. The van der Waals surface area contributed by atoms with Crippen molar-refractivity contribution in [1.29, 1.82) is 0 Å². The molecule has 0 aromatic heterocycles. The molecule has 0 unspecified atom stereocenters. The van der Waals surface area contributed by atoms with E-state index in [0.29, 0.717) is 11.3 Å². The number of nitrogens with two attached hydrogens (primary N) is 1. The summed E-state index contributed by atoms with van der Waals surface area (Å²) in [5, 5.41) is 5.84. The molecule has 5 heteroatoms. The van der Waals surface area contributed by atoms with Crippen molar-refractivity contribution in [2.75, 3.05) is 37.9 Å². The lowest BCUT2D eigenvalue weighted by molar-refractivity contribution is 0.0964. The van der Waals surface area contributed by atoms with Crippen LogP contribution in [0.5, 0.6) is 0 Å². The number of nitrogen functional groups attached to an aromatic ring is 1. The van der Waals surface area contributed by atoms with E-state index in [1.54, 1.807) is 25.2 Å². The highest BCUT2D eigenvalue weighted by atomic mass is 16.5. The van der Waals surface area contributed by atoms with Crippen LogP contribution in [-0.2, 0) is 4.74 Å². The Kier molecular flexibility index (Phi) is 6.74. The highest BCUT2D eigenvalue weighted by Gasteiger charge is 2.09. The fourth-order valence-electron chi connectivity index (χ4n) is 1.68. The van der Waals surface area contributed by atoms with Crippen molar-refractivity contribution < 1.29 is 9.53 Å². The van der Waals surface area contributed by atoms with Crippen molar-refractivity contribution in [2.24, 2.45) is 0 Å². The van der Waals surface area contributed by atoms with Gasteiger partial charge >= 0.3 is 0 Å². The van der Waals surface area contributed by atoms with E-state index in [1.165, 1.54) is 0 Å². The van der Waals surface area contributed by atoms with E-state index >= 15 is 0 Å². The Morgan fingerprint density at radius 1 is 1.37 bits per heavy atom. The maximum Gasteiger partial charge on any atom is 0.253 e. The fraction of sp³-hybridized carbons (Fsp3) is 0.500. The molecule has 1 aromatic rings. The van der Waals surface area contributed by atoms with Crippen LogP contribution in [0.2, 0.25) is 0 Å². The van der Waals surface area contributed by atoms with Gasteiger partial charge in [0.25, 0.3) is 5.91 Å². The molecule has 1 rings (SSSR count). The molecule has 0 radical (unpaired) electrons. The predicted molar refractivity (Wildman–Crippen MR) is 78.5 cm³/mol. The van der Waals surface area contributed by atoms with Gasteiger partial charge in [-0.15, -0.1) is 0 Å². The van der Waals surface area contributed by atoms with Crippen LogP contribution in [0.4, 0.5) is 11.4 Å². The summed E-state index contributed by atoms with van der Waals surface area (Å²) in [6, 6.07) is 5.22. The maximum atomic E-state index is 11.7. The third kappa shape index (κ3) is 5.18. The number of ether oxygens (including phenoxy) is 1. The number of anilines is 2. The minimum atomic E-state index is -0.121. The Bertz CT molecular complexity index is 408. The van der Waals surface area contributed by atoms with Crippen LogP contribution >= 0.6 is 0 Å². The van der Waals surface area contributed by atoms with Gasteiger partial charge in [0.2, 0.25) is 0 Å². The van der Waals surface area contributed by atoms with Gasteiger partial charge in [-0.2, -0.15) is 0 Å². The maximum absolute atomic E-state index is 11.7. The van der Waals surface area contributed by atoms with Crippen molar-refractivity contribution in [1.82, 2.24) is 5.32 Å². The third-order valence-electron chi connectivity index (χ3n) is 2.64.